The molecule has 2 fully saturated rings. The minimum atomic E-state index is 0. The van der Waals surface area contributed by atoms with Crippen LogP contribution in [0.3, 0.4) is 0 Å². The van der Waals surface area contributed by atoms with Gasteiger partial charge in [0.05, 0.1) is 25.9 Å². The van der Waals surface area contributed by atoms with Crippen molar-refractivity contribution in [1.82, 2.24) is 0 Å². The third-order valence-corrected chi connectivity index (χ3v) is 4.01. The van der Waals surface area contributed by atoms with Crippen LogP contribution in [0, 0.1) is 11.8 Å². The topological polar surface area (TPSA) is 68.9 Å². The van der Waals surface area contributed by atoms with Crippen LogP contribution in [-0.4, -0.2) is 26.2 Å². The molecule has 3 N–H and O–H groups in total. The monoisotopic (exact) mass is 403 g/mol. The van der Waals surface area contributed by atoms with E-state index in [4.69, 9.17) is 15.2 Å². The molecule has 0 unspecified atom stereocenters. The fourth-order valence-corrected chi connectivity index (χ4v) is 2.64. The van der Waals surface area contributed by atoms with Gasteiger partial charge >= 0.3 is 0 Å². The lowest BCUT2D eigenvalue weighted by Crippen LogP contribution is -2.23. The van der Waals surface area contributed by atoms with Gasteiger partial charge in [-0.2, -0.15) is 0 Å². The number of nitrogens with one attached hydrogen (secondary N) is 1. The van der Waals surface area contributed by atoms with Crippen LogP contribution in [0.2, 0.25) is 0 Å². The fraction of sp³-hybridized carbons (Fsp3) is 0.533. The smallest absolute Gasteiger partial charge is 0.193 e. The van der Waals surface area contributed by atoms with Crippen molar-refractivity contribution in [2.24, 2.45) is 22.6 Å². The van der Waals surface area contributed by atoms with Crippen LogP contribution in [-0.2, 0) is 0 Å². The molecule has 0 aromatic heterocycles. The molecular formula is C15H22IN3O2. The second-order valence-corrected chi connectivity index (χ2v) is 5.51. The third-order valence-electron chi connectivity index (χ3n) is 4.01. The zero-order valence-electron chi connectivity index (χ0n) is 12.3. The number of nitrogens with two attached hydrogens (primary N) is 1. The van der Waals surface area contributed by atoms with Crippen LogP contribution in [0.1, 0.15) is 19.3 Å². The zero-order valence-corrected chi connectivity index (χ0v) is 14.7. The quantitative estimate of drug-likeness (QED) is 0.451. The maximum absolute atomic E-state index is 5.99. The molecule has 2 atom stereocenters. The van der Waals surface area contributed by atoms with Crippen molar-refractivity contribution >= 4 is 35.6 Å². The highest BCUT2D eigenvalue weighted by Gasteiger charge is 2.47. The Balaban J connectivity index is 0.00000161. The summed E-state index contributed by atoms with van der Waals surface area (Å²) in [5.74, 6) is 3.59. The molecule has 3 rings (SSSR count). The number of methoxy groups -OCH3 is 2. The maximum Gasteiger partial charge on any atom is 0.193 e. The van der Waals surface area contributed by atoms with Crippen LogP contribution < -0.4 is 20.5 Å². The maximum atomic E-state index is 5.99. The SMILES string of the molecule is COc1ccc(OC)c(NC(N)=N[C@@H]2C[C@H]2C2CC2)c1.I. The van der Waals surface area contributed by atoms with E-state index in [0.717, 1.165) is 29.0 Å². The Hall–Kier alpha value is -1.18. The second kappa shape index (κ2) is 6.72. The van der Waals surface area contributed by atoms with Gasteiger partial charge in [-0.1, -0.05) is 0 Å². The van der Waals surface area contributed by atoms with Gasteiger partial charge in [0, 0.05) is 6.07 Å². The summed E-state index contributed by atoms with van der Waals surface area (Å²) >= 11 is 0. The summed E-state index contributed by atoms with van der Waals surface area (Å²) in [6, 6.07) is 5.96. The summed E-state index contributed by atoms with van der Waals surface area (Å²) in [7, 11) is 3.26. The van der Waals surface area contributed by atoms with E-state index < -0.39 is 0 Å². The molecule has 2 aliphatic rings. The number of anilines is 1. The average Bonchev–Trinajstić information content (AvgIpc) is 3.31. The summed E-state index contributed by atoms with van der Waals surface area (Å²) in [5.41, 5.74) is 6.76. The Bertz CT molecular complexity index is 532. The average molecular weight is 403 g/mol. The number of ether oxygens (including phenoxy) is 2. The van der Waals surface area contributed by atoms with Crippen molar-refractivity contribution < 1.29 is 9.47 Å². The highest BCUT2D eigenvalue weighted by molar-refractivity contribution is 14.0. The van der Waals surface area contributed by atoms with Crippen LogP contribution >= 0.6 is 24.0 Å². The van der Waals surface area contributed by atoms with E-state index >= 15 is 0 Å². The van der Waals surface area contributed by atoms with E-state index in [1.807, 2.05) is 18.2 Å². The lowest BCUT2D eigenvalue weighted by atomic mass is 10.2. The van der Waals surface area contributed by atoms with Gasteiger partial charge in [0.1, 0.15) is 11.5 Å². The highest BCUT2D eigenvalue weighted by atomic mass is 127. The first-order valence-corrected chi connectivity index (χ1v) is 7.03. The van der Waals surface area contributed by atoms with Crippen molar-refractivity contribution in [3.05, 3.63) is 18.2 Å². The number of nitrogens with zero attached hydrogens (tertiary/aromatic N) is 1. The molecule has 0 saturated heterocycles. The van der Waals surface area contributed by atoms with Crippen LogP contribution in [0.5, 0.6) is 11.5 Å². The largest absolute Gasteiger partial charge is 0.497 e. The zero-order chi connectivity index (χ0) is 14.1. The number of rotatable bonds is 5. The summed E-state index contributed by atoms with van der Waals surface area (Å²) < 4.78 is 10.5. The molecule has 2 aliphatic carbocycles. The molecule has 1 aromatic rings. The first-order valence-electron chi connectivity index (χ1n) is 7.03. The molecule has 1 aromatic carbocycles. The van der Waals surface area contributed by atoms with Crippen molar-refractivity contribution in [2.45, 2.75) is 25.3 Å². The lowest BCUT2D eigenvalue weighted by Gasteiger charge is -2.12. The predicted molar refractivity (Wildman–Crippen MR) is 94.8 cm³/mol. The van der Waals surface area contributed by atoms with Crippen molar-refractivity contribution in [3.63, 3.8) is 0 Å². The molecule has 0 spiro atoms. The Kier molecular flexibility index (Phi) is 5.18. The molecule has 0 radical (unpaired) electrons. The molecule has 116 valence electrons. The number of aliphatic imine (C=N–C) groups is 1. The van der Waals surface area contributed by atoms with Crippen LogP contribution in [0.4, 0.5) is 5.69 Å². The lowest BCUT2D eigenvalue weighted by molar-refractivity contribution is 0.405. The molecule has 21 heavy (non-hydrogen) atoms. The molecule has 5 nitrogen and oxygen atoms in total. The van der Waals surface area contributed by atoms with E-state index in [9.17, 15) is 0 Å². The molecule has 0 aliphatic heterocycles. The summed E-state index contributed by atoms with van der Waals surface area (Å²) in [5, 5.41) is 3.11. The van der Waals surface area contributed by atoms with E-state index in [1.54, 1.807) is 14.2 Å². The highest BCUT2D eigenvalue weighted by Crippen LogP contribution is 2.51. The van der Waals surface area contributed by atoms with Gasteiger partial charge in [-0.25, -0.2) is 4.99 Å². The predicted octanol–water partition coefficient (Wildman–Crippen LogP) is 2.85. The van der Waals surface area contributed by atoms with Gasteiger partial charge in [0.15, 0.2) is 5.96 Å². The molecule has 0 heterocycles. The van der Waals surface area contributed by atoms with Crippen LogP contribution in [0.25, 0.3) is 0 Å². The second-order valence-electron chi connectivity index (χ2n) is 5.51. The van der Waals surface area contributed by atoms with Crippen molar-refractivity contribution in [2.75, 3.05) is 19.5 Å². The normalized spacial score (nSPS) is 24.0. The van der Waals surface area contributed by atoms with Gasteiger partial charge in [0.2, 0.25) is 0 Å². The van der Waals surface area contributed by atoms with E-state index in [1.165, 1.54) is 19.3 Å². The molecular weight excluding hydrogens is 381 g/mol. The Morgan fingerprint density at radius 2 is 2.05 bits per heavy atom. The van der Waals surface area contributed by atoms with Gasteiger partial charge in [-0.05, 0) is 43.2 Å². The van der Waals surface area contributed by atoms with Crippen molar-refractivity contribution in [1.29, 1.82) is 0 Å². The first-order chi connectivity index (χ1) is 9.71. The van der Waals surface area contributed by atoms with Gasteiger partial charge in [0.25, 0.3) is 0 Å². The number of hydrogen-bond acceptors (Lipinski definition) is 3. The minimum absolute atomic E-state index is 0. The van der Waals surface area contributed by atoms with Gasteiger partial charge in [-0.3, -0.25) is 0 Å². The van der Waals surface area contributed by atoms with Gasteiger partial charge in [-0.15, -0.1) is 24.0 Å². The number of halogens is 1. The summed E-state index contributed by atoms with van der Waals surface area (Å²) in [6.45, 7) is 0. The summed E-state index contributed by atoms with van der Waals surface area (Å²) in [4.78, 5) is 4.54. The number of benzene rings is 1. The van der Waals surface area contributed by atoms with E-state index in [0.29, 0.717) is 12.0 Å². The van der Waals surface area contributed by atoms with Gasteiger partial charge < -0.3 is 20.5 Å². The minimum Gasteiger partial charge on any atom is -0.497 e. The Morgan fingerprint density at radius 1 is 1.29 bits per heavy atom. The molecule has 0 amide bonds. The molecule has 0 bridgehead atoms. The molecule has 6 heteroatoms. The standard InChI is InChI=1S/C15H21N3O2.HI/c1-19-10-5-6-14(20-2)13(7-10)18-15(16)17-12-8-11(12)9-3-4-9;/h5-7,9,11-12H,3-4,8H2,1-2H3,(H3,16,17,18);1H/t11-,12+;/m0./s1. The molecule has 2 saturated carbocycles. The van der Waals surface area contributed by atoms with E-state index in [2.05, 4.69) is 10.3 Å². The number of guanidine groups is 1. The third kappa shape index (κ3) is 3.93. The first kappa shape index (κ1) is 16.2. The van der Waals surface area contributed by atoms with Crippen LogP contribution in [0.15, 0.2) is 23.2 Å². The summed E-state index contributed by atoms with van der Waals surface area (Å²) in [6.07, 6.45) is 3.92. The van der Waals surface area contributed by atoms with E-state index in [-0.39, 0.29) is 24.0 Å². The Morgan fingerprint density at radius 3 is 2.67 bits per heavy atom. The number of hydrogen-bond donors (Lipinski definition) is 2. The fourth-order valence-electron chi connectivity index (χ4n) is 2.64. The van der Waals surface area contributed by atoms with Crippen molar-refractivity contribution in [3.8, 4) is 11.5 Å². The Labute approximate surface area is 142 Å².